The van der Waals surface area contributed by atoms with E-state index < -0.39 is 11.0 Å². The average molecular weight is 244 g/mol. The number of rotatable bonds is 2. The monoisotopic (exact) mass is 243 g/mol. The highest BCUT2D eigenvalue weighted by Crippen LogP contribution is 2.18. The molecular weight excluding hydrogens is 230 g/mol. The first kappa shape index (κ1) is 11.1. The summed E-state index contributed by atoms with van der Waals surface area (Å²) >= 11 is 5.79. The molecule has 0 saturated carbocycles. The zero-order valence-electron chi connectivity index (χ0n) is 8.49. The van der Waals surface area contributed by atoms with E-state index in [0.29, 0.717) is 5.02 Å². The molecule has 1 aliphatic rings. The van der Waals surface area contributed by atoms with Crippen molar-refractivity contribution in [1.82, 2.24) is 4.31 Å². The van der Waals surface area contributed by atoms with Crippen LogP contribution in [0.25, 0.3) is 0 Å². The Morgan fingerprint density at radius 3 is 2.27 bits per heavy atom. The van der Waals surface area contributed by atoms with E-state index in [1.54, 1.807) is 12.1 Å². The van der Waals surface area contributed by atoms with Gasteiger partial charge in [0.15, 0.2) is 0 Å². The SMILES string of the molecule is O=S(c1ccc(Cl)cc1)N1CCCCC1. The maximum Gasteiger partial charge on any atom is 0.127 e. The van der Waals surface area contributed by atoms with Crippen molar-refractivity contribution in [1.29, 1.82) is 0 Å². The minimum Gasteiger partial charge on any atom is -0.237 e. The number of hydrogen-bond acceptors (Lipinski definition) is 1. The van der Waals surface area contributed by atoms with Crippen LogP contribution in [-0.2, 0) is 11.0 Å². The fourth-order valence-corrected chi connectivity index (χ4v) is 3.11. The van der Waals surface area contributed by atoms with E-state index >= 15 is 0 Å². The number of nitrogens with zero attached hydrogens (tertiary/aromatic N) is 1. The second-order valence-corrected chi connectivity index (χ2v) is 5.62. The van der Waals surface area contributed by atoms with Gasteiger partial charge in [-0.2, -0.15) is 0 Å². The van der Waals surface area contributed by atoms with Gasteiger partial charge in [-0.15, -0.1) is 0 Å². The van der Waals surface area contributed by atoms with E-state index in [4.69, 9.17) is 11.6 Å². The van der Waals surface area contributed by atoms with E-state index in [2.05, 4.69) is 0 Å². The molecule has 15 heavy (non-hydrogen) atoms. The van der Waals surface area contributed by atoms with Gasteiger partial charge in [-0.25, -0.2) is 8.51 Å². The number of halogens is 1. The molecule has 1 aliphatic heterocycles. The van der Waals surface area contributed by atoms with Gasteiger partial charge in [0.25, 0.3) is 0 Å². The average Bonchev–Trinajstić information content (AvgIpc) is 2.30. The summed E-state index contributed by atoms with van der Waals surface area (Å²) in [5.74, 6) is 0. The zero-order chi connectivity index (χ0) is 10.7. The zero-order valence-corrected chi connectivity index (χ0v) is 10.1. The van der Waals surface area contributed by atoms with E-state index in [1.165, 1.54) is 6.42 Å². The molecule has 1 unspecified atom stereocenters. The van der Waals surface area contributed by atoms with Crippen molar-refractivity contribution in [2.24, 2.45) is 0 Å². The second kappa shape index (κ2) is 5.10. The highest BCUT2D eigenvalue weighted by molar-refractivity contribution is 7.82. The van der Waals surface area contributed by atoms with Crippen molar-refractivity contribution >= 4 is 22.6 Å². The summed E-state index contributed by atoms with van der Waals surface area (Å²) in [5.41, 5.74) is 0. The molecule has 1 aromatic carbocycles. The predicted octanol–water partition coefficient (Wildman–Crippen LogP) is 2.85. The Kier molecular flexibility index (Phi) is 3.78. The minimum atomic E-state index is -1.00. The number of benzene rings is 1. The van der Waals surface area contributed by atoms with Crippen LogP contribution in [0.5, 0.6) is 0 Å². The van der Waals surface area contributed by atoms with Gasteiger partial charge >= 0.3 is 0 Å². The third-order valence-electron chi connectivity index (χ3n) is 2.56. The number of piperidine rings is 1. The lowest BCUT2D eigenvalue weighted by atomic mass is 10.2. The highest BCUT2D eigenvalue weighted by Gasteiger charge is 2.17. The molecule has 0 bridgehead atoms. The van der Waals surface area contributed by atoms with Crippen molar-refractivity contribution in [2.75, 3.05) is 13.1 Å². The fourth-order valence-electron chi connectivity index (χ4n) is 1.73. The first-order valence-corrected chi connectivity index (χ1v) is 6.68. The molecule has 0 aromatic heterocycles. The predicted molar refractivity (Wildman–Crippen MR) is 63.3 cm³/mol. The third kappa shape index (κ3) is 2.80. The molecule has 2 rings (SSSR count). The van der Waals surface area contributed by atoms with Gasteiger partial charge in [0, 0.05) is 18.1 Å². The van der Waals surface area contributed by atoms with E-state index in [1.807, 2.05) is 16.4 Å². The van der Waals surface area contributed by atoms with Crippen LogP contribution in [-0.4, -0.2) is 21.6 Å². The quantitative estimate of drug-likeness (QED) is 0.782. The molecule has 1 fully saturated rings. The van der Waals surface area contributed by atoms with Crippen molar-refractivity contribution < 1.29 is 4.21 Å². The summed E-state index contributed by atoms with van der Waals surface area (Å²) in [7, 11) is -1.00. The summed E-state index contributed by atoms with van der Waals surface area (Å²) in [6, 6.07) is 7.26. The Hall–Kier alpha value is -0.380. The highest BCUT2D eigenvalue weighted by atomic mass is 35.5. The Morgan fingerprint density at radius 2 is 1.67 bits per heavy atom. The minimum absolute atomic E-state index is 0.689. The second-order valence-electron chi connectivity index (χ2n) is 3.69. The Bertz CT molecular complexity index is 346. The van der Waals surface area contributed by atoms with E-state index in [0.717, 1.165) is 30.8 Å². The van der Waals surface area contributed by atoms with Crippen LogP contribution in [0, 0.1) is 0 Å². The Morgan fingerprint density at radius 1 is 1.07 bits per heavy atom. The van der Waals surface area contributed by atoms with Crippen molar-refractivity contribution in [3.63, 3.8) is 0 Å². The molecule has 0 aliphatic carbocycles. The van der Waals surface area contributed by atoms with Gasteiger partial charge < -0.3 is 0 Å². The van der Waals surface area contributed by atoms with E-state index in [9.17, 15) is 4.21 Å². The summed E-state index contributed by atoms with van der Waals surface area (Å²) in [6.45, 7) is 1.88. The molecule has 4 heteroatoms. The molecule has 1 atom stereocenters. The van der Waals surface area contributed by atoms with Crippen LogP contribution in [0.2, 0.25) is 5.02 Å². The van der Waals surface area contributed by atoms with Crippen molar-refractivity contribution in [2.45, 2.75) is 24.2 Å². The standard InChI is InChI=1S/C11H14ClNOS/c12-10-4-6-11(7-5-10)15(14)13-8-2-1-3-9-13/h4-7H,1-3,8-9H2. The van der Waals surface area contributed by atoms with Gasteiger partial charge in [-0.1, -0.05) is 18.0 Å². The summed E-state index contributed by atoms with van der Waals surface area (Å²) < 4.78 is 14.1. The number of hydrogen-bond donors (Lipinski definition) is 0. The van der Waals surface area contributed by atoms with Crippen molar-refractivity contribution in [3.05, 3.63) is 29.3 Å². The smallest absolute Gasteiger partial charge is 0.127 e. The van der Waals surface area contributed by atoms with Gasteiger partial charge in [-0.3, -0.25) is 0 Å². The fraction of sp³-hybridized carbons (Fsp3) is 0.455. The van der Waals surface area contributed by atoms with Crippen LogP contribution in [0.3, 0.4) is 0 Å². The molecule has 0 N–H and O–H groups in total. The summed E-state index contributed by atoms with van der Waals surface area (Å²) in [5, 5.41) is 0.689. The van der Waals surface area contributed by atoms with Gasteiger partial charge in [0.05, 0.1) is 4.90 Å². The molecule has 1 heterocycles. The van der Waals surface area contributed by atoms with Gasteiger partial charge in [0.1, 0.15) is 11.0 Å². The molecule has 2 nitrogen and oxygen atoms in total. The van der Waals surface area contributed by atoms with Crippen LogP contribution < -0.4 is 0 Å². The summed E-state index contributed by atoms with van der Waals surface area (Å²) in [4.78, 5) is 0.848. The molecule has 1 aromatic rings. The van der Waals surface area contributed by atoms with Crippen LogP contribution in [0.1, 0.15) is 19.3 Å². The Balaban J connectivity index is 2.09. The topological polar surface area (TPSA) is 20.3 Å². The van der Waals surface area contributed by atoms with E-state index in [-0.39, 0.29) is 0 Å². The lowest BCUT2D eigenvalue weighted by Gasteiger charge is -2.24. The third-order valence-corrected chi connectivity index (χ3v) is 4.33. The lowest BCUT2D eigenvalue weighted by molar-refractivity contribution is 0.365. The molecule has 82 valence electrons. The molecule has 1 saturated heterocycles. The maximum absolute atomic E-state index is 12.1. The van der Waals surface area contributed by atoms with Gasteiger partial charge in [-0.05, 0) is 37.1 Å². The Labute approximate surface area is 97.8 Å². The normalized spacial score (nSPS) is 20.1. The van der Waals surface area contributed by atoms with Crippen LogP contribution in [0.15, 0.2) is 29.2 Å². The van der Waals surface area contributed by atoms with Gasteiger partial charge in [0.2, 0.25) is 0 Å². The first-order chi connectivity index (χ1) is 7.27. The molecule has 0 radical (unpaired) electrons. The van der Waals surface area contributed by atoms with Crippen molar-refractivity contribution in [3.8, 4) is 0 Å². The van der Waals surface area contributed by atoms with Crippen LogP contribution in [0.4, 0.5) is 0 Å². The first-order valence-electron chi connectivity index (χ1n) is 5.20. The maximum atomic E-state index is 12.1. The van der Waals surface area contributed by atoms with Crippen LogP contribution >= 0.6 is 11.6 Å². The summed E-state index contributed by atoms with van der Waals surface area (Å²) in [6.07, 6.45) is 3.56. The lowest BCUT2D eigenvalue weighted by Crippen LogP contribution is -2.31. The molecular formula is C11H14ClNOS. The molecule has 0 amide bonds. The molecule has 0 spiro atoms. The largest absolute Gasteiger partial charge is 0.237 e.